The summed E-state index contributed by atoms with van der Waals surface area (Å²) in [7, 11) is 1.66. The van der Waals surface area contributed by atoms with Gasteiger partial charge >= 0.3 is 6.03 Å². The molecular formula is C14H20N4O2. The van der Waals surface area contributed by atoms with Crippen LogP contribution in [0.3, 0.4) is 0 Å². The molecule has 2 amide bonds. The summed E-state index contributed by atoms with van der Waals surface area (Å²) in [5.41, 5.74) is 7.62. The maximum Gasteiger partial charge on any atom is 0.317 e. The van der Waals surface area contributed by atoms with Crippen LogP contribution in [0.5, 0.6) is 5.75 Å². The Kier molecular flexibility index (Phi) is 3.40. The second kappa shape index (κ2) is 5.20. The van der Waals surface area contributed by atoms with Crippen molar-refractivity contribution in [3.05, 3.63) is 23.8 Å². The second-order valence-electron chi connectivity index (χ2n) is 5.34. The molecule has 108 valence electrons. The van der Waals surface area contributed by atoms with Gasteiger partial charge in [0.1, 0.15) is 5.75 Å². The zero-order valence-corrected chi connectivity index (χ0v) is 11.6. The molecule has 20 heavy (non-hydrogen) atoms. The molecule has 0 bridgehead atoms. The number of fused-ring (bicyclic) bond motifs is 1. The van der Waals surface area contributed by atoms with E-state index in [1.54, 1.807) is 7.11 Å². The fourth-order valence-corrected chi connectivity index (χ4v) is 2.94. The number of methoxy groups -OCH3 is 1. The number of piperazine rings is 1. The van der Waals surface area contributed by atoms with E-state index >= 15 is 0 Å². The van der Waals surface area contributed by atoms with Gasteiger partial charge in [0.15, 0.2) is 0 Å². The number of nitrogen functional groups attached to an aromatic ring is 1. The van der Waals surface area contributed by atoms with Crippen molar-refractivity contribution in [1.82, 2.24) is 15.1 Å². The van der Waals surface area contributed by atoms with Gasteiger partial charge in [-0.05, 0) is 6.07 Å². The number of nitrogens with zero attached hydrogens (tertiary/aromatic N) is 2. The van der Waals surface area contributed by atoms with Crippen LogP contribution < -0.4 is 15.8 Å². The Morgan fingerprint density at radius 2 is 2.30 bits per heavy atom. The number of carbonyl (C=O) groups excluding carboxylic acids is 1. The Balaban J connectivity index is 1.68. The van der Waals surface area contributed by atoms with Crippen LogP contribution in [0.4, 0.5) is 10.5 Å². The topological polar surface area (TPSA) is 70.8 Å². The van der Waals surface area contributed by atoms with E-state index in [2.05, 4.69) is 10.2 Å². The Labute approximate surface area is 118 Å². The minimum Gasteiger partial charge on any atom is -0.496 e. The van der Waals surface area contributed by atoms with Gasteiger partial charge in [0.2, 0.25) is 0 Å². The van der Waals surface area contributed by atoms with Gasteiger partial charge in [0, 0.05) is 50.0 Å². The smallest absolute Gasteiger partial charge is 0.317 e. The highest BCUT2D eigenvalue weighted by Crippen LogP contribution is 2.24. The standard InChI is InChI=1S/C14H20N4O2/c1-20-13-6-11(15)3-2-10(13)8-17-4-5-18-12(9-17)7-16-14(18)19/h2-3,6,12H,4-5,7-9,15H2,1H3,(H,16,19). The number of amides is 2. The molecule has 6 heteroatoms. The monoisotopic (exact) mass is 276 g/mol. The van der Waals surface area contributed by atoms with Crippen LogP contribution in [0.1, 0.15) is 5.56 Å². The summed E-state index contributed by atoms with van der Waals surface area (Å²) in [6.45, 7) is 4.13. The van der Waals surface area contributed by atoms with Crippen LogP contribution in [0, 0.1) is 0 Å². The molecule has 2 aliphatic rings. The van der Waals surface area contributed by atoms with Gasteiger partial charge in [0.25, 0.3) is 0 Å². The number of anilines is 1. The van der Waals surface area contributed by atoms with E-state index in [1.165, 1.54) is 0 Å². The fraction of sp³-hybridized carbons (Fsp3) is 0.500. The molecule has 1 aromatic rings. The molecule has 2 saturated heterocycles. The molecule has 0 radical (unpaired) electrons. The predicted octanol–water partition coefficient (Wildman–Crippen LogP) is 0.487. The number of urea groups is 1. The normalized spacial score (nSPS) is 22.6. The van der Waals surface area contributed by atoms with Gasteiger partial charge in [-0.3, -0.25) is 4.90 Å². The Morgan fingerprint density at radius 1 is 1.45 bits per heavy atom. The number of rotatable bonds is 3. The number of ether oxygens (including phenoxy) is 1. The number of nitrogens with two attached hydrogens (primary N) is 1. The quantitative estimate of drug-likeness (QED) is 0.788. The molecule has 2 heterocycles. The third-order valence-corrected chi connectivity index (χ3v) is 4.02. The van der Waals surface area contributed by atoms with Crippen LogP contribution in [-0.2, 0) is 6.54 Å². The Morgan fingerprint density at radius 3 is 3.10 bits per heavy atom. The molecule has 1 unspecified atom stereocenters. The third-order valence-electron chi connectivity index (χ3n) is 4.02. The van der Waals surface area contributed by atoms with E-state index in [-0.39, 0.29) is 12.1 Å². The predicted molar refractivity (Wildman–Crippen MR) is 76.6 cm³/mol. The summed E-state index contributed by atoms with van der Waals surface area (Å²) >= 11 is 0. The summed E-state index contributed by atoms with van der Waals surface area (Å²) in [6, 6.07) is 6.12. The maximum atomic E-state index is 11.6. The first-order chi connectivity index (χ1) is 9.67. The molecule has 2 aliphatic heterocycles. The van der Waals surface area contributed by atoms with Gasteiger partial charge in [-0.25, -0.2) is 4.79 Å². The van der Waals surface area contributed by atoms with E-state index in [4.69, 9.17) is 10.5 Å². The number of hydrogen-bond donors (Lipinski definition) is 2. The molecule has 0 aromatic heterocycles. The summed E-state index contributed by atoms with van der Waals surface area (Å²) in [6.07, 6.45) is 0. The highest BCUT2D eigenvalue weighted by Gasteiger charge is 2.35. The zero-order valence-electron chi connectivity index (χ0n) is 11.6. The Bertz CT molecular complexity index is 520. The number of hydrogen-bond acceptors (Lipinski definition) is 4. The lowest BCUT2D eigenvalue weighted by Crippen LogP contribution is -2.51. The van der Waals surface area contributed by atoms with Crippen LogP contribution in [0.2, 0.25) is 0 Å². The molecule has 0 saturated carbocycles. The molecule has 1 atom stereocenters. The second-order valence-corrected chi connectivity index (χ2v) is 5.34. The minimum absolute atomic E-state index is 0.0692. The zero-order chi connectivity index (χ0) is 14.1. The highest BCUT2D eigenvalue weighted by atomic mass is 16.5. The van der Waals surface area contributed by atoms with Crippen LogP contribution in [0.15, 0.2) is 18.2 Å². The summed E-state index contributed by atoms with van der Waals surface area (Å²) in [5, 5.41) is 2.90. The molecule has 0 spiro atoms. The Hall–Kier alpha value is -1.95. The molecule has 0 aliphatic carbocycles. The van der Waals surface area contributed by atoms with Crippen molar-refractivity contribution in [3.8, 4) is 5.75 Å². The maximum absolute atomic E-state index is 11.6. The van der Waals surface area contributed by atoms with E-state index in [9.17, 15) is 4.79 Å². The lowest BCUT2D eigenvalue weighted by atomic mass is 10.1. The summed E-state index contributed by atoms with van der Waals surface area (Å²) in [4.78, 5) is 15.9. The lowest BCUT2D eigenvalue weighted by Gasteiger charge is -2.36. The fourth-order valence-electron chi connectivity index (χ4n) is 2.94. The lowest BCUT2D eigenvalue weighted by molar-refractivity contribution is 0.116. The van der Waals surface area contributed by atoms with Crippen molar-refractivity contribution < 1.29 is 9.53 Å². The molecule has 3 N–H and O–H groups in total. The first-order valence-corrected chi connectivity index (χ1v) is 6.86. The minimum atomic E-state index is 0.0692. The number of nitrogens with one attached hydrogen (secondary N) is 1. The SMILES string of the molecule is COc1cc(N)ccc1CN1CCN2C(=O)NCC2C1. The van der Waals surface area contributed by atoms with Crippen molar-refractivity contribution in [2.45, 2.75) is 12.6 Å². The van der Waals surface area contributed by atoms with Crippen molar-refractivity contribution >= 4 is 11.7 Å². The van der Waals surface area contributed by atoms with Crippen LogP contribution >= 0.6 is 0 Å². The first kappa shape index (κ1) is 13.1. The summed E-state index contributed by atoms with van der Waals surface area (Å²) in [5.74, 6) is 0.827. The first-order valence-electron chi connectivity index (χ1n) is 6.86. The summed E-state index contributed by atoms with van der Waals surface area (Å²) < 4.78 is 5.39. The van der Waals surface area contributed by atoms with Gasteiger partial charge < -0.3 is 20.7 Å². The van der Waals surface area contributed by atoms with E-state index < -0.39 is 0 Å². The van der Waals surface area contributed by atoms with E-state index in [1.807, 2.05) is 23.1 Å². The van der Waals surface area contributed by atoms with E-state index in [0.29, 0.717) is 5.69 Å². The third kappa shape index (κ3) is 2.38. The highest BCUT2D eigenvalue weighted by molar-refractivity contribution is 5.77. The van der Waals surface area contributed by atoms with Gasteiger partial charge in [-0.15, -0.1) is 0 Å². The van der Waals surface area contributed by atoms with Gasteiger partial charge in [-0.2, -0.15) is 0 Å². The molecule has 2 fully saturated rings. The average Bonchev–Trinajstić information content (AvgIpc) is 2.82. The van der Waals surface area contributed by atoms with Crippen molar-refractivity contribution in [3.63, 3.8) is 0 Å². The largest absolute Gasteiger partial charge is 0.496 e. The molecule has 6 nitrogen and oxygen atoms in total. The average molecular weight is 276 g/mol. The van der Waals surface area contributed by atoms with Gasteiger partial charge in [0.05, 0.1) is 13.2 Å². The molecule has 1 aromatic carbocycles. The molecular weight excluding hydrogens is 256 g/mol. The number of benzene rings is 1. The van der Waals surface area contributed by atoms with Crippen molar-refractivity contribution in [1.29, 1.82) is 0 Å². The van der Waals surface area contributed by atoms with Gasteiger partial charge in [-0.1, -0.05) is 6.07 Å². The van der Waals surface area contributed by atoms with Crippen LogP contribution in [-0.4, -0.2) is 55.2 Å². The van der Waals surface area contributed by atoms with Crippen molar-refractivity contribution in [2.24, 2.45) is 0 Å². The van der Waals surface area contributed by atoms with Crippen molar-refractivity contribution in [2.75, 3.05) is 39.0 Å². The van der Waals surface area contributed by atoms with Crippen LogP contribution in [0.25, 0.3) is 0 Å². The van der Waals surface area contributed by atoms with E-state index in [0.717, 1.165) is 44.0 Å². The number of carbonyl (C=O) groups is 1. The molecule has 3 rings (SSSR count).